The molecule has 1 aliphatic rings. The third-order valence-corrected chi connectivity index (χ3v) is 4.66. The van der Waals surface area contributed by atoms with Gasteiger partial charge in [0.15, 0.2) is 12.4 Å². The van der Waals surface area contributed by atoms with E-state index in [0.29, 0.717) is 17.1 Å². The molecule has 7 nitrogen and oxygen atoms in total. The summed E-state index contributed by atoms with van der Waals surface area (Å²) in [5, 5.41) is 2.73. The number of anilines is 2. The minimum absolute atomic E-state index is 0.0120. The fraction of sp³-hybridized carbons (Fsp3) is 0.400. The van der Waals surface area contributed by atoms with Gasteiger partial charge in [-0.2, -0.15) is 0 Å². The Morgan fingerprint density at radius 2 is 1.89 bits per heavy atom. The van der Waals surface area contributed by atoms with Crippen LogP contribution in [0.1, 0.15) is 37.0 Å². The van der Waals surface area contributed by atoms with Crippen LogP contribution in [0.15, 0.2) is 36.7 Å². The molecule has 27 heavy (non-hydrogen) atoms. The summed E-state index contributed by atoms with van der Waals surface area (Å²) >= 11 is 0. The molecular formula is C20H24N4O3. The van der Waals surface area contributed by atoms with Gasteiger partial charge in [-0.05, 0) is 49.9 Å². The molecule has 0 atom stereocenters. The number of rotatable bonds is 6. The minimum atomic E-state index is -0.303. The van der Waals surface area contributed by atoms with Crippen LogP contribution in [0.5, 0.6) is 5.75 Å². The summed E-state index contributed by atoms with van der Waals surface area (Å²) in [4.78, 5) is 34.0. The SMILES string of the molecule is CC(=O)c1ccc(OCC(=O)Nc2cc(N3CCC(C)CC3)ncn2)cc1. The number of amides is 1. The summed E-state index contributed by atoms with van der Waals surface area (Å²) in [6.07, 6.45) is 3.74. The molecule has 7 heteroatoms. The topological polar surface area (TPSA) is 84.4 Å². The number of hydrogen-bond acceptors (Lipinski definition) is 6. The quantitative estimate of drug-likeness (QED) is 0.789. The van der Waals surface area contributed by atoms with Crippen molar-refractivity contribution in [2.75, 3.05) is 29.9 Å². The van der Waals surface area contributed by atoms with Crippen molar-refractivity contribution < 1.29 is 14.3 Å². The van der Waals surface area contributed by atoms with Gasteiger partial charge in [-0.3, -0.25) is 9.59 Å². The van der Waals surface area contributed by atoms with Crippen LogP contribution >= 0.6 is 0 Å². The van der Waals surface area contributed by atoms with E-state index in [0.717, 1.165) is 37.7 Å². The largest absolute Gasteiger partial charge is 0.484 e. The van der Waals surface area contributed by atoms with Gasteiger partial charge in [0.05, 0.1) is 0 Å². The third-order valence-electron chi connectivity index (χ3n) is 4.66. The first kappa shape index (κ1) is 18.8. The maximum absolute atomic E-state index is 12.1. The van der Waals surface area contributed by atoms with E-state index in [9.17, 15) is 9.59 Å². The summed E-state index contributed by atoms with van der Waals surface area (Å²) in [5.41, 5.74) is 0.604. The molecular weight excluding hydrogens is 344 g/mol. The van der Waals surface area contributed by atoms with Crippen molar-refractivity contribution in [1.82, 2.24) is 9.97 Å². The zero-order valence-electron chi connectivity index (χ0n) is 15.6. The van der Waals surface area contributed by atoms with Crippen molar-refractivity contribution in [3.8, 4) is 5.75 Å². The summed E-state index contributed by atoms with van der Waals surface area (Å²) in [7, 11) is 0. The number of ether oxygens (including phenoxy) is 1. The van der Waals surface area contributed by atoms with Crippen LogP contribution in [0.25, 0.3) is 0 Å². The predicted molar refractivity (Wildman–Crippen MR) is 103 cm³/mol. The minimum Gasteiger partial charge on any atom is -0.484 e. The van der Waals surface area contributed by atoms with Crippen molar-refractivity contribution in [1.29, 1.82) is 0 Å². The highest BCUT2D eigenvalue weighted by Crippen LogP contribution is 2.22. The Labute approximate surface area is 158 Å². The van der Waals surface area contributed by atoms with E-state index >= 15 is 0 Å². The summed E-state index contributed by atoms with van der Waals surface area (Å²) in [6.45, 7) is 5.55. The molecule has 0 radical (unpaired) electrons. The van der Waals surface area contributed by atoms with Crippen molar-refractivity contribution in [3.63, 3.8) is 0 Å². The Bertz CT molecular complexity index is 799. The highest BCUT2D eigenvalue weighted by atomic mass is 16.5. The lowest BCUT2D eigenvalue weighted by Crippen LogP contribution is -2.33. The summed E-state index contributed by atoms with van der Waals surface area (Å²) < 4.78 is 5.46. The number of nitrogens with zero attached hydrogens (tertiary/aromatic N) is 3. The Kier molecular flexibility index (Phi) is 6.01. The number of ketones is 1. The molecule has 3 rings (SSSR count). The molecule has 142 valence electrons. The van der Waals surface area contributed by atoms with E-state index in [-0.39, 0.29) is 18.3 Å². The van der Waals surface area contributed by atoms with Gasteiger partial charge < -0.3 is 15.0 Å². The second kappa shape index (κ2) is 8.62. The first-order chi connectivity index (χ1) is 13.0. The third kappa shape index (κ3) is 5.26. The molecule has 1 aromatic heterocycles. The molecule has 1 aliphatic heterocycles. The highest BCUT2D eigenvalue weighted by Gasteiger charge is 2.17. The molecule has 0 saturated carbocycles. The van der Waals surface area contributed by atoms with Crippen molar-refractivity contribution in [3.05, 3.63) is 42.2 Å². The Balaban J connectivity index is 1.53. The lowest BCUT2D eigenvalue weighted by atomic mass is 9.99. The highest BCUT2D eigenvalue weighted by molar-refractivity contribution is 5.94. The Morgan fingerprint density at radius 3 is 2.56 bits per heavy atom. The summed E-state index contributed by atoms with van der Waals surface area (Å²) in [5.74, 6) is 2.24. The van der Waals surface area contributed by atoms with Crippen LogP contribution < -0.4 is 15.0 Å². The number of carbonyl (C=O) groups is 2. The van der Waals surface area contributed by atoms with E-state index in [1.807, 2.05) is 0 Å². The molecule has 1 fully saturated rings. The zero-order chi connectivity index (χ0) is 19.2. The molecule has 0 bridgehead atoms. The van der Waals surface area contributed by atoms with Crippen LogP contribution in [0.2, 0.25) is 0 Å². The normalized spacial score (nSPS) is 14.7. The van der Waals surface area contributed by atoms with Crippen molar-refractivity contribution in [2.45, 2.75) is 26.7 Å². The van der Waals surface area contributed by atoms with Crippen LogP contribution in [-0.4, -0.2) is 41.4 Å². The lowest BCUT2D eigenvalue weighted by Gasteiger charge is -2.31. The van der Waals surface area contributed by atoms with Crippen molar-refractivity contribution >= 4 is 23.3 Å². The Morgan fingerprint density at radius 1 is 1.19 bits per heavy atom. The maximum Gasteiger partial charge on any atom is 0.263 e. The van der Waals surface area contributed by atoms with Gasteiger partial charge in [0.25, 0.3) is 5.91 Å². The van der Waals surface area contributed by atoms with E-state index < -0.39 is 0 Å². The van der Waals surface area contributed by atoms with Crippen LogP contribution in [-0.2, 0) is 4.79 Å². The Hall–Kier alpha value is -2.96. The fourth-order valence-electron chi connectivity index (χ4n) is 2.94. The lowest BCUT2D eigenvalue weighted by molar-refractivity contribution is -0.118. The first-order valence-electron chi connectivity index (χ1n) is 9.12. The van der Waals surface area contributed by atoms with Crippen LogP contribution in [0.3, 0.4) is 0 Å². The first-order valence-corrected chi connectivity index (χ1v) is 9.12. The monoisotopic (exact) mass is 368 g/mol. The van der Waals surface area contributed by atoms with Gasteiger partial charge in [0.2, 0.25) is 0 Å². The van der Waals surface area contributed by atoms with E-state index in [1.165, 1.54) is 13.3 Å². The van der Waals surface area contributed by atoms with E-state index in [2.05, 4.69) is 27.1 Å². The molecule has 1 aromatic carbocycles. The van der Waals surface area contributed by atoms with Crippen LogP contribution in [0, 0.1) is 5.92 Å². The molecule has 2 heterocycles. The molecule has 1 N–H and O–H groups in total. The van der Waals surface area contributed by atoms with Gasteiger partial charge in [-0.1, -0.05) is 6.92 Å². The van der Waals surface area contributed by atoms with Crippen molar-refractivity contribution in [2.24, 2.45) is 5.92 Å². The van der Waals surface area contributed by atoms with E-state index in [4.69, 9.17) is 4.74 Å². The molecule has 0 unspecified atom stereocenters. The molecule has 0 spiro atoms. The average molecular weight is 368 g/mol. The van der Waals surface area contributed by atoms with Gasteiger partial charge in [0, 0.05) is 24.7 Å². The number of benzene rings is 1. The molecule has 1 saturated heterocycles. The zero-order valence-corrected chi connectivity index (χ0v) is 15.6. The number of nitrogens with one attached hydrogen (secondary N) is 1. The molecule has 1 amide bonds. The van der Waals surface area contributed by atoms with E-state index in [1.54, 1.807) is 30.3 Å². The number of Topliss-reactive ketones (excluding diaryl/α,β-unsaturated/α-hetero) is 1. The standard InChI is InChI=1S/C20H24N4O3/c1-14-7-9-24(10-8-14)19-11-18(21-13-22-19)23-20(26)12-27-17-5-3-16(4-6-17)15(2)25/h3-6,11,13-14H,7-10,12H2,1-2H3,(H,21,22,23,26). The smallest absolute Gasteiger partial charge is 0.263 e. The average Bonchev–Trinajstić information content (AvgIpc) is 2.67. The molecule has 0 aliphatic carbocycles. The van der Waals surface area contributed by atoms with Gasteiger partial charge in [-0.15, -0.1) is 0 Å². The fourth-order valence-corrected chi connectivity index (χ4v) is 2.94. The maximum atomic E-state index is 12.1. The number of hydrogen-bond donors (Lipinski definition) is 1. The predicted octanol–water partition coefficient (Wildman–Crippen LogP) is 2.93. The van der Waals surface area contributed by atoms with Gasteiger partial charge in [-0.25, -0.2) is 9.97 Å². The van der Waals surface area contributed by atoms with Crippen LogP contribution in [0.4, 0.5) is 11.6 Å². The number of aromatic nitrogens is 2. The number of piperidine rings is 1. The van der Waals surface area contributed by atoms with Gasteiger partial charge in [0.1, 0.15) is 23.7 Å². The summed E-state index contributed by atoms with van der Waals surface area (Å²) in [6, 6.07) is 8.47. The number of carbonyl (C=O) groups excluding carboxylic acids is 2. The second-order valence-electron chi connectivity index (χ2n) is 6.85. The molecule has 2 aromatic rings. The second-order valence-corrected chi connectivity index (χ2v) is 6.85. The van der Waals surface area contributed by atoms with Gasteiger partial charge >= 0.3 is 0 Å².